The number of alkyl carbamates (subject to hydrolysis) is 1. The standard InChI is InChI=1S/C28H36FN3O5.C23H28FN3O3.C2HF3O2/c1-28(2,3)37-27(35)31-21(15-19-9-5-6-13-24(19)29)17-25(33)32-14-8-11-22(32)18-30-26(34)20-10-7-12-23(16-20)36-4;1-30-20-9-4-7-17(13-20)23(29)26-15-19-8-5-11-27(19)22(28)14-18(25)12-16-6-2-3-10-21(16)24;3-2(4,5)1(6)7/h5-7,9-10,12-13,16,21-22H,8,11,14-15,17-18H2,1-4H3,(H,30,34)(H,31,35);2-4,6-7,9-10,13,18-19H,5,8,11-12,14-15,25H2,1H3,(H,26,29);(H,6,7)/t21-,22+;18-,19+;/m11./s1. The number of carboxylic acids is 1. The number of amides is 5. The average molecular weight is 1040 g/mol. The Bertz CT molecular complexity index is 2520. The van der Waals surface area contributed by atoms with Crippen LogP contribution in [0.3, 0.4) is 0 Å². The number of halogens is 5. The molecule has 4 aromatic rings. The predicted molar refractivity (Wildman–Crippen MR) is 264 cm³/mol. The van der Waals surface area contributed by atoms with Gasteiger partial charge >= 0.3 is 18.2 Å². The van der Waals surface area contributed by atoms with Crippen LogP contribution in [-0.4, -0.2) is 127 Å². The molecule has 0 spiro atoms. The number of nitrogens with two attached hydrogens (primary N) is 1. The normalized spacial score (nSPS) is 16.0. The van der Waals surface area contributed by atoms with Crippen molar-refractivity contribution in [3.63, 3.8) is 0 Å². The van der Waals surface area contributed by atoms with Crippen LogP contribution in [-0.2, 0) is 32.0 Å². The number of benzene rings is 4. The van der Waals surface area contributed by atoms with E-state index in [0.717, 1.165) is 25.7 Å². The molecule has 4 atom stereocenters. The molecule has 16 nitrogen and oxygen atoms in total. The van der Waals surface area contributed by atoms with Crippen LogP contribution in [0.15, 0.2) is 97.1 Å². The summed E-state index contributed by atoms with van der Waals surface area (Å²) in [6, 6.07) is 25.2. The Labute approximate surface area is 427 Å². The first-order valence-electron chi connectivity index (χ1n) is 23.9. The maximum Gasteiger partial charge on any atom is 0.490 e. The molecular weight excluding hydrogens is 976 g/mol. The van der Waals surface area contributed by atoms with E-state index in [2.05, 4.69) is 16.0 Å². The van der Waals surface area contributed by atoms with E-state index >= 15 is 0 Å². The third-order valence-corrected chi connectivity index (χ3v) is 11.7. The molecule has 0 unspecified atom stereocenters. The lowest BCUT2D eigenvalue weighted by Crippen LogP contribution is -2.47. The number of carbonyl (C=O) groups excluding carboxylic acids is 5. The van der Waals surface area contributed by atoms with Gasteiger partial charge in [0.1, 0.15) is 28.7 Å². The van der Waals surface area contributed by atoms with E-state index in [0.29, 0.717) is 66.4 Å². The highest BCUT2D eigenvalue weighted by Crippen LogP contribution is 2.23. The largest absolute Gasteiger partial charge is 0.497 e. The molecule has 4 aromatic carbocycles. The van der Waals surface area contributed by atoms with Crippen molar-refractivity contribution in [1.29, 1.82) is 0 Å². The van der Waals surface area contributed by atoms with Crippen LogP contribution in [0.1, 0.15) is 91.1 Å². The number of aliphatic carboxylic acids is 1. The fourth-order valence-corrected chi connectivity index (χ4v) is 8.17. The van der Waals surface area contributed by atoms with Gasteiger partial charge in [0, 0.05) is 74.3 Å². The van der Waals surface area contributed by atoms with Crippen LogP contribution in [0.25, 0.3) is 0 Å². The Morgan fingerprint density at radius 2 is 1.11 bits per heavy atom. The molecule has 0 radical (unpaired) electrons. The van der Waals surface area contributed by atoms with E-state index in [1.54, 1.807) is 123 Å². The van der Waals surface area contributed by atoms with Crippen molar-refractivity contribution in [3.8, 4) is 11.5 Å². The van der Waals surface area contributed by atoms with E-state index < -0.39 is 41.7 Å². The molecule has 2 aliphatic heterocycles. The van der Waals surface area contributed by atoms with E-state index in [4.69, 9.17) is 29.8 Å². The smallest absolute Gasteiger partial charge is 0.490 e. The second-order valence-electron chi connectivity index (χ2n) is 18.6. The lowest BCUT2D eigenvalue weighted by atomic mass is 10.0. The minimum atomic E-state index is -5.08. The number of alkyl halides is 3. The fraction of sp³-hybridized carbons (Fsp3) is 0.434. The minimum absolute atomic E-state index is 0.0199. The van der Waals surface area contributed by atoms with E-state index in [-0.39, 0.29) is 60.8 Å². The highest BCUT2D eigenvalue weighted by Gasteiger charge is 2.38. The molecule has 0 saturated carbocycles. The summed E-state index contributed by atoms with van der Waals surface area (Å²) in [7, 11) is 3.09. The van der Waals surface area contributed by atoms with Gasteiger partial charge in [-0.15, -0.1) is 0 Å². The van der Waals surface area contributed by atoms with Gasteiger partial charge in [0.05, 0.1) is 14.2 Å². The number of carbonyl (C=O) groups is 6. The summed E-state index contributed by atoms with van der Waals surface area (Å²) in [5.74, 6) is -2.94. The molecule has 0 aromatic heterocycles. The first-order valence-corrected chi connectivity index (χ1v) is 23.9. The van der Waals surface area contributed by atoms with E-state index in [1.165, 1.54) is 19.2 Å². The van der Waals surface area contributed by atoms with Crippen LogP contribution in [0, 0.1) is 11.6 Å². The highest BCUT2D eigenvalue weighted by molar-refractivity contribution is 5.95. The zero-order valence-electron chi connectivity index (χ0n) is 42.0. The van der Waals surface area contributed by atoms with Gasteiger partial charge in [-0.3, -0.25) is 19.2 Å². The number of rotatable bonds is 17. The van der Waals surface area contributed by atoms with Crippen LogP contribution >= 0.6 is 0 Å². The number of methoxy groups -OCH3 is 2. The van der Waals surface area contributed by atoms with Gasteiger partial charge in [-0.2, -0.15) is 13.2 Å². The van der Waals surface area contributed by atoms with E-state index in [9.17, 15) is 45.9 Å². The number of nitrogens with one attached hydrogen (secondary N) is 3. The third-order valence-electron chi connectivity index (χ3n) is 11.7. The van der Waals surface area contributed by atoms with Crippen LogP contribution < -0.4 is 31.2 Å². The molecule has 6 N–H and O–H groups in total. The van der Waals surface area contributed by atoms with Crippen LogP contribution in [0.5, 0.6) is 11.5 Å². The molecule has 2 aliphatic rings. The second-order valence-corrected chi connectivity index (χ2v) is 18.6. The van der Waals surface area contributed by atoms with Gasteiger partial charge in [0.2, 0.25) is 11.8 Å². The van der Waals surface area contributed by atoms with Crippen molar-refractivity contribution in [3.05, 3.63) is 131 Å². The molecule has 2 heterocycles. The Kier molecular flexibility index (Phi) is 22.6. The summed E-state index contributed by atoms with van der Waals surface area (Å²) in [4.78, 5) is 76.0. The summed E-state index contributed by atoms with van der Waals surface area (Å²) < 4.78 is 75.6. The summed E-state index contributed by atoms with van der Waals surface area (Å²) in [6.45, 7) is 7.13. The zero-order valence-corrected chi connectivity index (χ0v) is 42.0. The summed E-state index contributed by atoms with van der Waals surface area (Å²) in [5, 5.41) is 15.7. The average Bonchev–Trinajstić information content (AvgIpc) is 4.04. The zero-order chi connectivity index (χ0) is 54.6. The van der Waals surface area contributed by atoms with Gasteiger partial charge in [-0.25, -0.2) is 18.4 Å². The van der Waals surface area contributed by atoms with Gasteiger partial charge in [-0.05, 0) is 119 Å². The molecule has 5 amide bonds. The molecular formula is C53H65F5N6O10. The third kappa shape index (κ3) is 19.6. The molecule has 402 valence electrons. The molecule has 2 saturated heterocycles. The molecule has 21 heteroatoms. The van der Waals surface area contributed by atoms with Gasteiger partial charge in [0.15, 0.2) is 0 Å². The maximum atomic E-state index is 14.3. The maximum absolute atomic E-state index is 14.3. The van der Waals surface area contributed by atoms with Gasteiger partial charge in [-0.1, -0.05) is 48.5 Å². The molecule has 2 fully saturated rings. The number of hydrogen-bond donors (Lipinski definition) is 5. The Morgan fingerprint density at radius 3 is 1.53 bits per heavy atom. The number of ether oxygens (including phenoxy) is 3. The highest BCUT2D eigenvalue weighted by atomic mass is 19.4. The molecule has 0 bridgehead atoms. The summed E-state index contributed by atoms with van der Waals surface area (Å²) in [6.07, 6.45) is -1.90. The second kappa shape index (κ2) is 28.2. The monoisotopic (exact) mass is 1040 g/mol. The first kappa shape index (κ1) is 59.3. The predicted octanol–water partition coefficient (Wildman–Crippen LogP) is 7.23. The number of likely N-dealkylation sites (tertiary alicyclic amines) is 2. The van der Waals surface area contributed by atoms with Crippen LogP contribution in [0.4, 0.5) is 26.7 Å². The molecule has 0 aliphatic carbocycles. The van der Waals surface area contributed by atoms with Crippen molar-refractivity contribution in [1.82, 2.24) is 25.8 Å². The summed E-state index contributed by atoms with van der Waals surface area (Å²) in [5.41, 5.74) is 7.31. The topological polar surface area (TPSA) is 219 Å². The van der Waals surface area contributed by atoms with Crippen molar-refractivity contribution >= 4 is 35.7 Å². The van der Waals surface area contributed by atoms with Crippen molar-refractivity contribution < 1.29 is 70.0 Å². The van der Waals surface area contributed by atoms with Crippen LogP contribution in [0.2, 0.25) is 0 Å². The first-order chi connectivity index (χ1) is 35.0. The Hall–Kier alpha value is -7.29. The van der Waals surface area contributed by atoms with E-state index in [1.807, 2.05) is 0 Å². The fourth-order valence-electron chi connectivity index (χ4n) is 8.17. The number of hydrogen-bond acceptors (Lipinski definition) is 10. The lowest BCUT2D eigenvalue weighted by molar-refractivity contribution is -0.192. The quantitative estimate of drug-likeness (QED) is 0.0665. The minimum Gasteiger partial charge on any atom is -0.497 e. The Morgan fingerprint density at radius 1 is 0.676 bits per heavy atom. The van der Waals surface area contributed by atoms with Crippen molar-refractivity contribution in [2.24, 2.45) is 5.73 Å². The lowest BCUT2D eigenvalue weighted by Gasteiger charge is -2.28. The summed E-state index contributed by atoms with van der Waals surface area (Å²) >= 11 is 0. The molecule has 74 heavy (non-hydrogen) atoms. The SMILES string of the molecule is COc1cccc(C(=O)NC[C@@H]2CCCN2C(=O)C[C@@H](Cc2ccccc2F)NC(=O)OC(C)(C)C)c1.COc1cccc(C(=O)NC[C@@H]2CCCN2C(=O)C[C@H](N)Cc2ccccc2F)c1.O=C(O)C(F)(F)F. The van der Waals surface area contributed by atoms with Crippen molar-refractivity contribution in [2.45, 2.75) is 108 Å². The number of carboxylic acid groups (broad SMARTS) is 1. The van der Waals surface area contributed by atoms with Gasteiger partial charge < -0.3 is 50.8 Å². The number of nitrogens with zero attached hydrogens (tertiary/aromatic N) is 2. The molecule has 6 rings (SSSR count). The van der Waals surface area contributed by atoms with Gasteiger partial charge in [0.25, 0.3) is 11.8 Å². The Balaban J connectivity index is 0.000000288. The van der Waals surface area contributed by atoms with Crippen molar-refractivity contribution in [2.75, 3.05) is 40.4 Å².